The molecule has 5 nitrogen and oxygen atoms in total. The molecule has 1 aromatic rings. The standard InChI is InChI=1S/C14H23N3O2.HI/c1-4-9-16-14(15)17-10-11(2)19-13-8-6-5-7-12(13)18-3;/h5-8,11H,4,9-10H2,1-3H3,(H3,15,16,17);1H. The first-order valence-electron chi connectivity index (χ1n) is 6.50. The van der Waals surface area contributed by atoms with Gasteiger partial charge >= 0.3 is 0 Å². The van der Waals surface area contributed by atoms with Crippen LogP contribution in [0.15, 0.2) is 29.3 Å². The van der Waals surface area contributed by atoms with Gasteiger partial charge in [-0.3, -0.25) is 0 Å². The van der Waals surface area contributed by atoms with Gasteiger partial charge in [0.05, 0.1) is 13.7 Å². The quantitative estimate of drug-likeness (QED) is 0.424. The van der Waals surface area contributed by atoms with Gasteiger partial charge in [-0.2, -0.15) is 0 Å². The summed E-state index contributed by atoms with van der Waals surface area (Å²) in [4.78, 5) is 4.23. The highest BCUT2D eigenvalue weighted by molar-refractivity contribution is 14.0. The van der Waals surface area contributed by atoms with Crippen LogP contribution in [0, 0.1) is 0 Å². The Hall–Kier alpha value is -1.18. The molecule has 6 heteroatoms. The van der Waals surface area contributed by atoms with Gasteiger partial charge in [0.15, 0.2) is 17.5 Å². The fourth-order valence-corrected chi connectivity index (χ4v) is 1.51. The van der Waals surface area contributed by atoms with E-state index in [4.69, 9.17) is 15.2 Å². The second kappa shape index (κ2) is 10.6. The first-order valence-corrected chi connectivity index (χ1v) is 6.50. The van der Waals surface area contributed by atoms with Crippen LogP contribution in [0.2, 0.25) is 0 Å². The molecule has 0 amide bonds. The molecule has 1 aromatic carbocycles. The number of para-hydroxylation sites is 2. The zero-order valence-corrected chi connectivity index (χ0v) is 14.6. The number of hydrogen-bond acceptors (Lipinski definition) is 3. The Morgan fingerprint density at radius 2 is 2.00 bits per heavy atom. The molecule has 1 unspecified atom stereocenters. The predicted molar refractivity (Wildman–Crippen MR) is 93.3 cm³/mol. The van der Waals surface area contributed by atoms with Gasteiger partial charge in [-0.05, 0) is 25.5 Å². The summed E-state index contributed by atoms with van der Waals surface area (Å²) in [6.07, 6.45) is 0.946. The molecule has 3 N–H and O–H groups in total. The number of nitrogens with zero attached hydrogens (tertiary/aromatic N) is 1. The van der Waals surface area contributed by atoms with Crippen molar-refractivity contribution in [2.24, 2.45) is 10.7 Å². The molecule has 0 aliphatic carbocycles. The Labute approximate surface area is 138 Å². The monoisotopic (exact) mass is 393 g/mol. The molecular formula is C14H24IN3O2. The van der Waals surface area contributed by atoms with Crippen LogP contribution in [-0.2, 0) is 0 Å². The summed E-state index contributed by atoms with van der Waals surface area (Å²) < 4.78 is 11.0. The van der Waals surface area contributed by atoms with E-state index in [0.717, 1.165) is 18.7 Å². The molecule has 20 heavy (non-hydrogen) atoms. The van der Waals surface area contributed by atoms with Gasteiger partial charge in [0, 0.05) is 6.54 Å². The summed E-state index contributed by atoms with van der Waals surface area (Å²) >= 11 is 0. The van der Waals surface area contributed by atoms with E-state index in [0.29, 0.717) is 18.3 Å². The van der Waals surface area contributed by atoms with E-state index in [9.17, 15) is 0 Å². The van der Waals surface area contributed by atoms with Crippen molar-refractivity contribution in [1.29, 1.82) is 0 Å². The van der Waals surface area contributed by atoms with Crippen molar-refractivity contribution in [3.05, 3.63) is 24.3 Å². The molecule has 0 aliphatic heterocycles. The van der Waals surface area contributed by atoms with Crippen LogP contribution in [0.1, 0.15) is 20.3 Å². The average Bonchev–Trinajstić information content (AvgIpc) is 2.43. The first kappa shape index (κ1) is 18.8. The maximum Gasteiger partial charge on any atom is 0.188 e. The molecule has 0 bridgehead atoms. The minimum absolute atomic E-state index is 0. The lowest BCUT2D eigenvalue weighted by Gasteiger charge is -2.15. The van der Waals surface area contributed by atoms with Crippen LogP contribution in [0.5, 0.6) is 11.5 Å². The zero-order valence-electron chi connectivity index (χ0n) is 12.3. The lowest BCUT2D eigenvalue weighted by molar-refractivity contribution is 0.219. The van der Waals surface area contributed by atoms with E-state index in [-0.39, 0.29) is 30.1 Å². The predicted octanol–water partition coefficient (Wildman–Crippen LogP) is 2.39. The summed E-state index contributed by atoms with van der Waals surface area (Å²) in [6.45, 7) is 5.36. The van der Waals surface area contributed by atoms with Crippen molar-refractivity contribution >= 4 is 29.9 Å². The largest absolute Gasteiger partial charge is 0.493 e. The number of ether oxygens (including phenoxy) is 2. The van der Waals surface area contributed by atoms with Crippen LogP contribution < -0.4 is 20.5 Å². The van der Waals surface area contributed by atoms with Gasteiger partial charge in [-0.25, -0.2) is 4.99 Å². The van der Waals surface area contributed by atoms with Gasteiger partial charge in [0.1, 0.15) is 6.10 Å². The van der Waals surface area contributed by atoms with Crippen LogP contribution >= 0.6 is 24.0 Å². The van der Waals surface area contributed by atoms with Crippen molar-refractivity contribution in [3.8, 4) is 11.5 Å². The molecule has 0 fully saturated rings. The summed E-state index contributed by atoms with van der Waals surface area (Å²) in [5.41, 5.74) is 5.72. The third-order valence-corrected chi connectivity index (χ3v) is 2.47. The minimum Gasteiger partial charge on any atom is -0.493 e. The Bertz CT molecular complexity index is 413. The fraction of sp³-hybridized carbons (Fsp3) is 0.500. The second-order valence-electron chi connectivity index (χ2n) is 4.23. The van der Waals surface area contributed by atoms with Gasteiger partial charge in [0.25, 0.3) is 0 Å². The molecule has 0 heterocycles. The van der Waals surface area contributed by atoms with Crippen LogP contribution in [0.4, 0.5) is 0 Å². The number of nitrogens with one attached hydrogen (secondary N) is 1. The Morgan fingerprint density at radius 1 is 1.35 bits per heavy atom. The Balaban J connectivity index is 0.00000361. The van der Waals surface area contributed by atoms with E-state index in [2.05, 4.69) is 17.2 Å². The third-order valence-electron chi connectivity index (χ3n) is 2.47. The molecule has 0 aromatic heterocycles. The number of benzene rings is 1. The highest BCUT2D eigenvalue weighted by Gasteiger charge is 2.07. The number of rotatable bonds is 7. The topological polar surface area (TPSA) is 68.9 Å². The van der Waals surface area contributed by atoms with E-state index >= 15 is 0 Å². The maximum atomic E-state index is 5.78. The lowest BCUT2D eigenvalue weighted by atomic mass is 10.3. The van der Waals surface area contributed by atoms with Crippen molar-refractivity contribution in [2.75, 3.05) is 20.2 Å². The normalized spacial score (nSPS) is 12.2. The van der Waals surface area contributed by atoms with Gasteiger partial charge in [-0.15, -0.1) is 24.0 Å². The van der Waals surface area contributed by atoms with Crippen molar-refractivity contribution in [2.45, 2.75) is 26.4 Å². The molecule has 0 spiro atoms. The highest BCUT2D eigenvalue weighted by atomic mass is 127. The van der Waals surface area contributed by atoms with E-state index < -0.39 is 0 Å². The molecule has 0 saturated heterocycles. The van der Waals surface area contributed by atoms with Crippen LogP contribution in [0.25, 0.3) is 0 Å². The maximum absolute atomic E-state index is 5.78. The summed E-state index contributed by atoms with van der Waals surface area (Å²) in [7, 11) is 1.62. The van der Waals surface area contributed by atoms with E-state index in [1.807, 2.05) is 31.2 Å². The lowest BCUT2D eigenvalue weighted by Crippen LogP contribution is -2.33. The molecular weight excluding hydrogens is 369 g/mol. The number of guanidine groups is 1. The molecule has 1 rings (SSSR count). The highest BCUT2D eigenvalue weighted by Crippen LogP contribution is 2.26. The van der Waals surface area contributed by atoms with Crippen LogP contribution in [0.3, 0.4) is 0 Å². The Morgan fingerprint density at radius 3 is 2.60 bits per heavy atom. The SMILES string of the molecule is CCCNC(N)=NCC(C)Oc1ccccc1OC.I. The second-order valence-corrected chi connectivity index (χ2v) is 4.23. The molecule has 1 atom stereocenters. The minimum atomic E-state index is -0.0710. The molecule has 0 aliphatic rings. The zero-order chi connectivity index (χ0) is 14.1. The van der Waals surface area contributed by atoms with Crippen molar-refractivity contribution < 1.29 is 9.47 Å². The van der Waals surface area contributed by atoms with Gasteiger partial charge in [0.2, 0.25) is 0 Å². The number of hydrogen-bond donors (Lipinski definition) is 2. The van der Waals surface area contributed by atoms with Crippen molar-refractivity contribution in [1.82, 2.24) is 5.32 Å². The van der Waals surface area contributed by atoms with Crippen molar-refractivity contribution in [3.63, 3.8) is 0 Å². The van der Waals surface area contributed by atoms with E-state index in [1.54, 1.807) is 7.11 Å². The van der Waals surface area contributed by atoms with Gasteiger partial charge < -0.3 is 20.5 Å². The average molecular weight is 393 g/mol. The third kappa shape index (κ3) is 6.83. The number of nitrogens with two attached hydrogens (primary N) is 1. The number of halogens is 1. The molecule has 0 saturated carbocycles. The molecule has 114 valence electrons. The number of aliphatic imine (C=N–C) groups is 1. The summed E-state index contributed by atoms with van der Waals surface area (Å²) in [5.74, 6) is 1.89. The summed E-state index contributed by atoms with van der Waals surface area (Å²) in [6, 6.07) is 7.55. The number of methoxy groups -OCH3 is 1. The summed E-state index contributed by atoms with van der Waals surface area (Å²) in [5, 5.41) is 3.02. The fourth-order valence-electron chi connectivity index (χ4n) is 1.51. The van der Waals surface area contributed by atoms with Gasteiger partial charge in [-0.1, -0.05) is 19.1 Å². The molecule has 0 radical (unpaired) electrons. The smallest absolute Gasteiger partial charge is 0.188 e. The Kier molecular flexibility index (Phi) is 9.96. The van der Waals surface area contributed by atoms with E-state index in [1.165, 1.54) is 0 Å². The first-order chi connectivity index (χ1) is 9.17. The van der Waals surface area contributed by atoms with Crippen LogP contribution in [-0.4, -0.2) is 32.3 Å².